The van der Waals surface area contributed by atoms with Gasteiger partial charge >= 0.3 is 0 Å². The lowest BCUT2D eigenvalue weighted by molar-refractivity contribution is 0.186. The monoisotopic (exact) mass is 337 g/mol. The Hall–Kier alpha value is -3.19. The van der Waals surface area contributed by atoms with Crippen molar-refractivity contribution < 1.29 is 9.84 Å². The predicted molar refractivity (Wildman–Crippen MR) is 96.0 cm³/mol. The van der Waals surface area contributed by atoms with Crippen molar-refractivity contribution in [2.45, 2.75) is 6.10 Å². The summed E-state index contributed by atoms with van der Waals surface area (Å²) in [5.41, 5.74) is 1.38. The minimum Gasteiger partial charge on any atom is -0.495 e. The number of hydrogen-bond acceptors (Lipinski definition) is 7. The molecule has 0 bridgehead atoms. The van der Waals surface area contributed by atoms with E-state index in [1.807, 2.05) is 36.4 Å². The molecule has 2 heterocycles. The van der Waals surface area contributed by atoms with Crippen LogP contribution in [0.15, 0.2) is 60.9 Å². The Bertz CT molecular complexity index is 813. The summed E-state index contributed by atoms with van der Waals surface area (Å²) in [6, 6.07) is 14.7. The molecule has 0 aliphatic rings. The van der Waals surface area contributed by atoms with Gasteiger partial charge in [-0.05, 0) is 30.3 Å². The van der Waals surface area contributed by atoms with Crippen LogP contribution < -0.4 is 15.4 Å². The molecule has 128 valence electrons. The largest absolute Gasteiger partial charge is 0.495 e. The van der Waals surface area contributed by atoms with Crippen LogP contribution in [0.25, 0.3) is 0 Å². The smallest absolute Gasteiger partial charge is 0.229 e. The molecule has 7 nitrogen and oxygen atoms in total. The van der Waals surface area contributed by atoms with Gasteiger partial charge in [-0.2, -0.15) is 4.98 Å². The lowest BCUT2D eigenvalue weighted by Crippen LogP contribution is -2.14. The molecule has 3 aromatic rings. The Balaban J connectivity index is 1.65. The Kier molecular flexibility index (Phi) is 5.38. The van der Waals surface area contributed by atoms with Gasteiger partial charge in [0.1, 0.15) is 17.7 Å². The predicted octanol–water partition coefficient (Wildman–Crippen LogP) is 2.77. The number of benzene rings is 1. The van der Waals surface area contributed by atoms with Crippen LogP contribution in [0, 0.1) is 0 Å². The van der Waals surface area contributed by atoms with E-state index in [0.29, 0.717) is 29.8 Å². The van der Waals surface area contributed by atoms with Gasteiger partial charge in [-0.1, -0.05) is 18.2 Å². The summed E-state index contributed by atoms with van der Waals surface area (Å²) in [5.74, 6) is 1.74. The van der Waals surface area contributed by atoms with E-state index in [-0.39, 0.29) is 0 Å². The maximum atomic E-state index is 10.2. The zero-order valence-corrected chi connectivity index (χ0v) is 13.8. The molecule has 1 aromatic carbocycles. The Morgan fingerprint density at radius 2 is 1.88 bits per heavy atom. The third kappa shape index (κ3) is 4.42. The molecule has 25 heavy (non-hydrogen) atoms. The van der Waals surface area contributed by atoms with E-state index >= 15 is 0 Å². The van der Waals surface area contributed by atoms with Crippen molar-refractivity contribution in [3.63, 3.8) is 0 Å². The minimum absolute atomic E-state index is 0.294. The number of hydrogen-bond donors (Lipinski definition) is 3. The molecular formula is C18H19N5O2. The average Bonchev–Trinajstić information content (AvgIpc) is 2.67. The van der Waals surface area contributed by atoms with E-state index in [9.17, 15) is 5.11 Å². The number of aliphatic hydroxyl groups is 1. The third-order valence-corrected chi connectivity index (χ3v) is 3.51. The van der Waals surface area contributed by atoms with Gasteiger partial charge in [0.2, 0.25) is 5.95 Å². The Labute approximate surface area is 145 Å². The molecule has 2 aromatic heterocycles. The Morgan fingerprint density at radius 3 is 2.68 bits per heavy atom. The summed E-state index contributed by atoms with van der Waals surface area (Å²) in [4.78, 5) is 12.7. The van der Waals surface area contributed by atoms with Crippen molar-refractivity contribution in [1.29, 1.82) is 0 Å². The number of pyridine rings is 1. The lowest BCUT2D eigenvalue weighted by Gasteiger charge is -2.13. The quantitative estimate of drug-likeness (QED) is 0.610. The van der Waals surface area contributed by atoms with Gasteiger partial charge in [-0.25, -0.2) is 4.98 Å². The molecule has 0 aliphatic heterocycles. The topological polar surface area (TPSA) is 92.2 Å². The fourth-order valence-electron chi connectivity index (χ4n) is 2.26. The summed E-state index contributed by atoms with van der Waals surface area (Å²) in [6.45, 7) is 0.294. The van der Waals surface area contributed by atoms with Crippen LogP contribution in [0.5, 0.6) is 5.75 Å². The molecule has 0 saturated carbocycles. The van der Waals surface area contributed by atoms with Crippen molar-refractivity contribution in [3.8, 4) is 5.75 Å². The van der Waals surface area contributed by atoms with Gasteiger partial charge in [0, 0.05) is 18.9 Å². The molecule has 0 amide bonds. The molecule has 0 saturated heterocycles. The second-order valence-corrected chi connectivity index (χ2v) is 5.24. The van der Waals surface area contributed by atoms with Crippen LogP contribution in [-0.2, 0) is 0 Å². The summed E-state index contributed by atoms with van der Waals surface area (Å²) in [7, 11) is 1.61. The van der Waals surface area contributed by atoms with Crippen LogP contribution in [0.1, 0.15) is 11.8 Å². The van der Waals surface area contributed by atoms with Crippen LogP contribution in [0.3, 0.4) is 0 Å². The molecular weight excluding hydrogens is 318 g/mol. The summed E-state index contributed by atoms with van der Waals surface area (Å²) in [5, 5.41) is 16.4. The number of ether oxygens (including phenoxy) is 1. The summed E-state index contributed by atoms with van der Waals surface area (Å²) < 4.78 is 5.30. The lowest BCUT2D eigenvalue weighted by atomic mass is 10.2. The van der Waals surface area contributed by atoms with Gasteiger partial charge in [0.25, 0.3) is 0 Å². The highest BCUT2D eigenvalue weighted by Crippen LogP contribution is 2.25. The molecule has 0 radical (unpaired) electrons. The van der Waals surface area contributed by atoms with E-state index < -0.39 is 6.10 Å². The van der Waals surface area contributed by atoms with Crippen LogP contribution in [0.2, 0.25) is 0 Å². The minimum atomic E-state index is -0.721. The van der Waals surface area contributed by atoms with Crippen molar-refractivity contribution in [1.82, 2.24) is 15.0 Å². The molecule has 3 rings (SSSR count). The van der Waals surface area contributed by atoms with E-state index in [2.05, 4.69) is 25.6 Å². The van der Waals surface area contributed by atoms with Crippen LogP contribution in [-0.4, -0.2) is 33.7 Å². The molecule has 0 spiro atoms. The summed E-state index contributed by atoms with van der Waals surface area (Å²) in [6.07, 6.45) is 2.57. The molecule has 0 fully saturated rings. The van der Waals surface area contributed by atoms with Crippen molar-refractivity contribution in [2.24, 2.45) is 0 Å². The average molecular weight is 337 g/mol. The van der Waals surface area contributed by atoms with Crippen molar-refractivity contribution >= 4 is 17.5 Å². The molecule has 7 heteroatoms. The van der Waals surface area contributed by atoms with Gasteiger partial charge in [-0.15, -0.1) is 0 Å². The number of anilines is 3. The normalized spacial score (nSPS) is 11.6. The zero-order chi connectivity index (χ0) is 17.5. The molecule has 3 N–H and O–H groups in total. The fraction of sp³-hybridized carbons (Fsp3) is 0.167. The van der Waals surface area contributed by atoms with Gasteiger partial charge in [0.15, 0.2) is 0 Å². The first kappa shape index (κ1) is 16.7. The highest BCUT2D eigenvalue weighted by atomic mass is 16.5. The van der Waals surface area contributed by atoms with Crippen LogP contribution >= 0.6 is 0 Å². The second kappa shape index (κ2) is 8.07. The number of rotatable bonds is 7. The number of aromatic nitrogens is 3. The SMILES string of the molecule is COc1ccccc1Nc1nccc(NCC(O)c2ccccn2)n1. The fourth-order valence-corrected chi connectivity index (χ4v) is 2.26. The second-order valence-electron chi connectivity index (χ2n) is 5.24. The molecule has 1 unspecified atom stereocenters. The summed E-state index contributed by atoms with van der Waals surface area (Å²) >= 11 is 0. The standard InChI is InChI=1S/C18H19N5O2/c1-25-16-8-3-2-7-14(16)22-18-20-11-9-17(23-18)21-12-15(24)13-6-4-5-10-19-13/h2-11,15,24H,12H2,1H3,(H2,20,21,22,23). The highest BCUT2D eigenvalue weighted by molar-refractivity contribution is 5.62. The van der Waals surface area contributed by atoms with Crippen molar-refractivity contribution in [2.75, 3.05) is 24.3 Å². The van der Waals surface area contributed by atoms with E-state index in [4.69, 9.17) is 4.74 Å². The van der Waals surface area contributed by atoms with Gasteiger partial charge in [0.05, 0.1) is 18.5 Å². The van der Waals surface area contributed by atoms with E-state index in [1.54, 1.807) is 31.6 Å². The number of nitrogens with one attached hydrogen (secondary N) is 2. The van der Waals surface area contributed by atoms with Crippen LogP contribution in [0.4, 0.5) is 17.5 Å². The maximum Gasteiger partial charge on any atom is 0.229 e. The number of para-hydroxylation sites is 2. The third-order valence-electron chi connectivity index (χ3n) is 3.51. The zero-order valence-electron chi connectivity index (χ0n) is 13.8. The maximum absolute atomic E-state index is 10.2. The first-order valence-corrected chi connectivity index (χ1v) is 7.82. The number of aliphatic hydroxyl groups excluding tert-OH is 1. The first-order chi connectivity index (χ1) is 12.3. The Morgan fingerprint density at radius 1 is 1.04 bits per heavy atom. The van der Waals surface area contributed by atoms with Crippen molar-refractivity contribution in [3.05, 3.63) is 66.6 Å². The van der Waals surface area contributed by atoms with Gasteiger partial charge in [-0.3, -0.25) is 4.98 Å². The first-order valence-electron chi connectivity index (χ1n) is 7.82. The molecule has 1 atom stereocenters. The van der Waals surface area contributed by atoms with E-state index in [0.717, 1.165) is 5.69 Å². The number of methoxy groups -OCH3 is 1. The highest BCUT2D eigenvalue weighted by Gasteiger charge is 2.09. The molecule has 0 aliphatic carbocycles. The van der Waals surface area contributed by atoms with E-state index in [1.165, 1.54) is 0 Å². The number of nitrogens with zero attached hydrogens (tertiary/aromatic N) is 3. The van der Waals surface area contributed by atoms with Gasteiger partial charge < -0.3 is 20.5 Å².